The van der Waals surface area contributed by atoms with Gasteiger partial charge in [-0.25, -0.2) is 13.1 Å². The van der Waals surface area contributed by atoms with Crippen LogP contribution in [-0.2, 0) is 16.4 Å². The lowest BCUT2D eigenvalue weighted by atomic mass is 10.0. The SMILES string of the molecule is CC(C)Cc1ccc(S(=O)(=O)NCC(O)C2CC2)cc1. The first-order chi connectivity index (χ1) is 9.38. The fourth-order valence-corrected chi connectivity index (χ4v) is 3.25. The third kappa shape index (κ3) is 4.30. The molecule has 1 fully saturated rings. The zero-order chi connectivity index (χ0) is 14.8. The maximum Gasteiger partial charge on any atom is 0.240 e. The largest absolute Gasteiger partial charge is 0.391 e. The van der Waals surface area contributed by atoms with Crippen LogP contribution in [0.1, 0.15) is 32.3 Å². The first-order valence-corrected chi connectivity index (χ1v) is 8.63. The van der Waals surface area contributed by atoms with Crippen LogP contribution in [0.5, 0.6) is 0 Å². The van der Waals surface area contributed by atoms with Crippen LogP contribution in [0, 0.1) is 11.8 Å². The summed E-state index contributed by atoms with van der Waals surface area (Å²) in [5, 5.41) is 9.72. The molecule has 1 atom stereocenters. The molecule has 5 heteroatoms. The Morgan fingerprint density at radius 2 is 1.85 bits per heavy atom. The standard InChI is InChI=1S/C15H23NO3S/c1-11(2)9-12-3-7-14(8-4-12)20(18,19)16-10-15(17)13-5-6-13/h3-4,7-8,11,13,15-17H,5-6,9-10H2,1-2H3. The number of hydrogen-bond acceptors (Lipinski definition) is 3. The zero-order valence-corrected chi connectivity index (χ0v) is 12.9. The predicted molar refractivity (Wildman–Crippen MR) is 78.9 cm³/mol. The van der Waals surface area contributed by atoms with Gasteiger partial charge in [-0.1, -0.05) is 26.0 Å². The van der Waals surface area contributed by atoms with E-state index in [1.807, 2.05) is 12.1 Å². The lowest BCUT2D eigenvalue weighted by Gasteiger charge is -2.12. The number of nitrogens with one attached hydrogen (secondary N) is 1. The molecule has 0 aromatic heterocycles. The summed E-state index contributed by atoms with van der Waals surface area (Å²) in [7, 11) is -3.52. The summed E-state index contributed by atoms with van der Waals surface area (Å²) >= 11 is 0. The molecule has 0 aliphatic heterocycles. The first-order valence-electron chi connectivity index (χ1n) is 7.15. The Bertz CT molecular complexity index is 533. The van der Waals surface area contributed by atoms with Crippen LogP contribution >= 0.6 is 0 Å². The van der Waals surface area contributed by atoms with Gasteiger partial charge in [0.25, 0.3) is 0 Å². The zero-order valence-electron chi connectivity index (χ0n) is 12.0. The van der Waals surface area contributed by atoms with Gasteiger partial charge in [0.05, 0.1) is 11.0 Å². The Labute approximate surface area is 121 Å². The fraction of sp³-hybridized carbons (Fsp3) is 0.600. The lowest BCUT2D eigenvalue weighted by molar-refractivity contribution is 0.155. The Kier molecular flexibility index (Phi) is 4.83. The monoisotopic (exact) mass is 297 g/mol. The summed E-state index contributed by atoms with van der Waals surface area (Å²) in [6.45, 7) is 4.36. The topological polar surface area (TPSA) is 66.4 Å². The van der Waals surface area contributed by atoms with E-state index in [-0.39, 0.29) is 17.4 Å². The smallest absolute Gasteiger partial charge is 0.240 e. The van der Waals surface area contributed by atoms with Gasteiger partial charge >= 0.3 is 0 Å². The summed E-state index contributed by atoms with van der Waals surface area (Å²) in [5.41, 5.74) is 1.14. The number of aliphatic hydroxyl groups is 1. The van der Waals surface area contributed by atoms with Crippen molar-refractivity contribution in [3.63, 3.8) is 0 Å². The van der Waals surface area contributed by atoms with Crippen LogP contribution in [-0.4, -0.2) is 26.2 Å². The quantitative estimate of drug-likeness (QED) is 0.808. The van der Waals surface area contributed by atoms with Crippen LogP contribution in [0.15, 0.2) is 29.2 Å². The van der Waals surface area contributed by atoms with Gasteiger partial charge in [0.15, 0.2) is 0 Å². The lowest BCUT2D eigenvalue weighted by Crippen LogP contribution is -2.33. The van der Waals surface area contributed by atoms with Crippen molar-refractivity contribution in [3.8, 4) is 0 Å². The second-order valence-corrected chi connectivity index (χ2v) is 7.77. The van der Waals surface area contributed by atoms with Gasteiger partial charge < -0.3 is 5.11 Å². The second-order valence-electron chi connectivity index (χ2n) is 6.00. The molecule has 2 N–H and O–H groups in total. The number of sulfonamides is 1. The van der Waals surface area contributed by atoms with E-state index in [9.17, 15) is 13.5 Å². The molecule has 1 saturated carbocycles. The average Bonchev–Trinajstić information content (AvgIpc) is 3.20. The van der Waals surface area contributed by atoms with Crippen molar-refractivity contribution < 1.29 is 13.5 Å². The number of aliphatic hydroxyl groups excluding tert-OH is 1. The van der Waals surface area contributed by atoms with Crippen LogP contribution in [0.3, 0.4) is 0 Å². The molecule has 1 aliphatic rings. The van der Waals surface area contributed by atoms with Gasteiger partial charge in [0.1, 0.15) is 0 Å². The summed E-state index contributed by atoms with van der Waals surface area (Å²) in [6.07, 6.45) is 2.36. The molecule has 0 spiro atoms. The molecule has 1 unspecified atom stereocenters. The summed E-state index contributed by atoms with van der Waals surface area (Å²) in [4.78, 5) is 0.257. The maximum atomic E-state index is 12.1. The normalized spacial score (nSPS) is 17.4. The molecule has 0 radical (unpaired) electrons. The molecule has 4 nitrogen and oxygen atoms in total. The molecule has 0 bridgehead atoms. The highest BCUT2D eigenvalue weighted by Gasteiger charge is 2.30. The van der Waals surface area contributed by atoms with E-state index in [2.05, 4.69) is 18.6 Å². The predicted octanol–water partition coefficient (Wildman–Crippen LogP) is 1.93. The van der Waals surface area contributed by atoms with Gasteiger partial charge in [-0.15, -0.1) is 0 Å². The van der Waals surface area contributed by atoms with E-state index in [1.165, 1.54) is 0 Å². The number of rotatable bonds is 7. The van der Waals surface area contributed by atoms with E-state index in [1.54, 1.807) is 12.1 Å². The minimum atomic E-state index is -3.52. The molecule has 2 rings (SSSR count). The van der Waals surface area contributed by atoms with Crippen LogP contribution in [0.2, 0.25) is 0 Å². The highest BCUT2D eigenvalue weighted by molar-refractivity contribution is 7.89. The molecular weight excluding hydrogens is 274 g/mol. The maximum absolute atomic E-state index is 12.1. The van der Waals surface area contributed by atoms with Crippen molar-refractivity contribution in [1.82, 2.24) is 4.72 Å². The van der Waals surface area contributed by atoms with Gasteiger partial charge in [-0.3, -0.25) is 0 Å². The van der Waals surface area contributed by atoms with E-state index in [4.69, 9.17) is 0 Å². The molecular formula is C15H23NO3S. The van der Waals surface area contributed by atoms with Crippen molar-refractivity contribution in [1.29, 1.82) is 0 Å². The van der Waals surface area contributed by atoms with Gasteiger partial charge in [0, 0.05) is 6.54 Å². The Hall–Kier alpha value is -0.910. The molecule has 1 aromatic rings. The third-order valence-electron chi connectivity index (χ3n) is 3.53. The van der Waals surface area contributed by atoms with Crippen molar-refractivity contribution in [2.24, 2.45) is 11.8 Å². The van der Waals surface area contributed by atoms with Crippen molar-refractivity contribution in [2.45, 2.75) is 44.1 Å². The minimum Gasteiger partial charge on any atom is -0.391 e. The van der Waals surface area contributed by atoms with E-state index in [0.717, 1.165) is 24.8 Å². The van der Waals surface area contributed by atoms with Gasteiger partial charge in [-0.2, -0.15) is 0 Å². The first kappa shape index (κ1) is 15.5. The minimum absolute atomic E-state index is 0.0980. The molecule has 20 heavy (non-hydrogen) atoms. The molecule has 112 valence electrons. The summed E-state index contributed by atoms with van der Waals surface area (Å²) in [5.74, 6) is 0.815. The molecule has 0 saturated heterocycles. The van der Waals surface area contributed by atoms with E-state index < -0.39 is 16.1 Å². The van der Waals surface area contributed by atoms with E-state index >= 15 is 0 Å². The summed E-state index contributed by atoms with van der Waals surface area (Å²) < 4.78 is 26.7. The average molecular weight is 297 g/mol. The van der Waals surface area contributed by atoms with Gasteiger partial charge in [-0.05, 0) is 48.8 Å². The van der Waals surface area contributed by atoms with Crippen molar-refractivity contribution >= 4 is 10.0 Å². The highest BCUT2D eigenvalue weighted by atomic mass is 32.2. The molecule has 1 aliphatic carbocycles. The third-order valence-corrected chi connectivity index (χ3v) is 4.97. The highest BCUT2D eigenvalue weighted by Crippen LogP contribution is 2.32. The van der Waals surface area contributed by atoms with Crippen molar-refractivity contribution in [2.75, 3.05) is 6.54 Å². The van der Waals surface area contributed by atoms with Crippen LogP contribution in [0.25, 0.3) is 0 Å². The molecule has 0 amide bonds. The van der Waals surface area contributed by atoms with Gasteiger partial charge in [0.2, 0.25) is 10.0 Å². The Morgan fingerprint density at radius 1 is 1.25 bits per heavy atom. The van der Waals surface area contributed by atoms with Crippen molar-refractivity contribution in [3.05, 3.63) is 29.8 Å². The Balaban J connectivity index is 1.97. The van der Waals surface area contributed by atoms with E-state index in [0.29, 0.717) is 5.92 Å². The van der Waals surface area contributed by atoms with Crippen LogP contribution < -0.4 is 4.72 Å². The fourth-order valence-electron chi connectivity index (χ4n) is 2.20. The van der Waals surface area contributed by atoms with Crippen LogP contribution in [0.4, 0.5) is 0 Å². The number of hydrogen-bond donors (Lipinski definition) is 2. The number of benzene rings is 1. The second kappa shape index (κ2) is 6.24. The Morgan fingerprint density at radius 3 is 2.35 bits per heavy atom. The summed E-state index contributed by atoms with van der Waals surface area (Å²) in [6, 6.07) is 6.96. The molecule has 0 heterocycles. The molecule has 1 aromatic carbocycles.